The van der Waals surface area contributed by atoms with Gasteiger partial charge in [0.2, 0.25) is 0 Å². The van der Waals surface area contributed by atoms with Gasteiger partial charge in [-0.25, -0.2) is 0 Å². The number of hydrogen-bond acceptors (Lipinski definition) is 4. The third-order valence-corrected chi connectivity index (χ3v) is 4.80. The summed E-state index contributed by atoms with van der Waals surface area (Å²) < 4.78 is 5.89. The molecule has 1 aliphatic carbocycles. The molecule has 2 aliphatic rings. The average molecular weight is 309 g/mol. The Hall–Kier alpha value is -1.78. The number of ether oxygens (including phenoxy) is 1. The van der Waals surface area contributed by atoms with Gasteiger partial charge in [0.25, 0.3) is 0 Å². The molecule has 4 rings (SSSR count). The van der Waals surface area contributed by atoms with Crippen LogP contribution in [0.25, 0.3) is 0 Å². The minimum atomic E-state index is 0.625. The van der Waals surface area contributed by atoms with E-state index < -0.39 is 0 Å². The van der Waals surface area contributed by atoms with E-state index in [1.54, 1.807) is 12.4 Å². The van der Waals surface area contributed by atoms with Crippen LogP contribution >= 0.6 is 0 Å². The lowest BCUT2D eigenvalue weighted by atomic mass is 9.97. The molecule has 0 atom stereocenters. The zero-order valence-electron chi connectivity index (χ0n) is 13.4. The van der Waals surface area contributed by atoms with Gasteiger partial charge in [0.15, 0.2) is 0 Å². The van der Waals surface area contributed by atoms with Crippen molar-refractivity contribution in [3.63, 3.8) is 0 Å². The number of rotatable bonds is 6. The van der Waals surface area contributed by atoms with Crippen LogP contribution in [0.3, 0.4) is 0 Å². The standard InChI is InChI=1S/C19H23N3O/c1-2-15(1)11-22-8-5-19-17(12-22)9-21-10-18(19)14-23-13-16-3-6-20-7-4-16/h3-4,6-7,9-10,15H,1-2,5,8,11-14H2. The molecule has 120 valence electrons. The van der Waals surface area contributed by atoms with Crippen LogP contribution < -0.4 is 0 Å². The van der Waals surface area contributed by atoms with Gasteiger partial charge < -0.3 is 4.74 Å². The van der Waals surface area contributed by atoms with E-state index in [0.717, 1.165) is 24.4 Å². The highest BCUT2D eigenvalue weighted by Crippen LogP contribution is 2.31. The second-order valence-corrected chi connectivity index (χ2v) is 6.71. The molecule has 1 saturated carbocycles. The van der Waals surface area contributed by atoms with Gasteiger partial charge >= 0.3 is 0 Å². The van der Waals surface area contributed by atoms with Gasteiger partial charge in [0.1, 0.15) is 0 Å². The third-order valence-electron chi connectivity index (χ3n) is 4.80. The Balaban J connectivity index is 1.38. The van der Waals surface area contributed by atoms with Crippen LogP contribution in [0.5, 0.6) is 0 Å². The van der Waals surface area contributed by atoms with E-state index >= 15 is 0 Å². The molecule has 0 bridgehead atoms. The molecule has 4 heteroatoms. The van der Waals surface area contributed by atoms with Crippen LogP contribution in [-0.4, -0.2) is 28.0 Å². The lowest BCUT2D eigenvalue weighted by Gasteiger charge is -2.29. The summed E-state index contributed by atoms with van der Waals surface area (Å²) in [6.45, 7) is 4.76. The smallest absolute Gasteiger partial charge is 0.0739 e. The lowest BCUT2D eigenvalue weighted by molar-refractivity contribution is 0.105. The molecule has 0 aromatic carbocycles. The molecule has 23 heavy (non-hydrogen) atoms. The van der Waals surface area contributed by atoms with Crippen molar-refractivity contribution in [1.82, 2.24) is 14.9 Å². The fourth-order valence-corrected chi connectivity index (χ4v) is 3.33. The van der Waals surface area contributed by atoms with Gasteiger partial charge in [-0.1, -0.05) is 0 Å². The first-order valence-electron chi connectivity index (χ1n) is 8.52. The van der Waals surface area contributed by atoms with E-state index in [2.05, 4.69) is 14.9 Å². The quantitative estimate of drug-likeness (QED) is 0.822. The predicted octanol–water partition coefficient (Wildman–Crippen LogP) is 2.96. The Morgan fingerprint density at radius 1 is 1.09 bits per heavy atom. The third kappa shape index (κ3) is 3.77. The van der Waals surface area contributed by atoms with Crippen LogP contribution in [0.2, 0.25) is 0 Å². The summed E-state index contributed by atoms with van der Waals surface area (Å²) in [7, 11) is 0. The van der Waals surface area contributed by atoms with Crippen LogP contribution in [0, 0.1) is 5.92 Å². The normalized spacial score (nSPS) is 17.9. The van der Waals surface area contributed by atoms with E-state index in [4.69, 9.17) is 4.74 Å². The first-order chi connectivity index (χ1) is 11.4. The van der Waals surface area contributed by atoms with Crippen LogP contribution in [0.1, 0.15) is 35.1 Å². The summed E-state index contributed by atoms with van der Waals surface area (Å²) in [4.78, 5) is 11.1. The number of fused-ring (bicyclic) bond motifs is 1. The van der Waals surface area contributed by atoms with Crippen molar-refractivity contribution in [1.29, 1.82) is 0 Å². The van der Waals surface area contributed by atoms with Crippen LogP contribution in [0.4, 0.5) is 0 Å². The van der Waals surface area contributed by atoms with Gasteiger partial charge in [0.05, 0.1) is 13.2 Å². The van der Waals surface area contributed by atoms with Crippen molar-refractivity contribution >= 4 is 0 Å². The molecule has 0 amide bonds. The van der Waals surface area contributed by atoms with Gasteiger partial charge in [-0.15, -0.1) is 0 Å². The Bertz CT molecular complexity index is 655. The maximum Gasteiger partial charge on any atom is 0.0739 e. The Kier molecular flexibility index (Phi) is 4.35. The van der Waals surface area contributed by atoms with Crippen LogP contribution in [0.15, 0.2) is 36.9 Å². The van der Waals surface area contributed by atoms with Crippen molar-refractivity contribution in [3.8, 4) is 0 Å². The Morgan fingerprint density at radius 2 is 1.96 bits per heavy atom. The summed E-state index contributed by atoms with van der Waals surface area (Å²) in [5.74, 6) is 0.955. The molecule has 1 aliphatic heterocycles. The molecule has 2 aromatic heterocycles. The molecule has 0 N–H and O–H groups in total. The summed E-state index contributed by atoms with van der Waals surface area (Å²) in [6, 6.07) is 3.99. The SMILES string of the molecule is c1cc(COCc2cncc3c2CCN(CC2CC2)C3)ccn1. The largest absolute Gasteiger partial charge is 0.372 e. The highest BCUT2D eigenvalue weighted by molar-refractivity contribution is 5.33. The van der Waals surface area contributed by atoms with Gasteiger partial charge in [0, 0.05) is 44.4 Å². The zero-order valence-corrected chi connectivity index (χ0v) is 13.4. The van der Waals surface area contributed by atoms with Crippen molar-refractivity contribution in [2.24, 2.45) is 5.92 Å². The van der Waals surface area contributed by atoms with Crippen molar-refractivity contribution < 1.29 is 4.74 Å². The Morgan fingerprint density at radius 3 is 2.78 bits per heavy atom. The van der Waals surface area contributed by atoms with Gasteiger partial charge in [-0.2, -0.15) is 0 Å². The minimum absolute atomic E-state index is 0.625. The first kappa shape index (κ1) is 14.8. The monoisotopic (exact) mass is 309 g/mol. The van der Waals surface area contributed by atoms with Crippen molar-refractivity contribution in [2.45, 2.75) is 39.0 Å². The predicted molar refractivity (Wildman–Crippen MR) is 88.7 cm³/mol. The van der Waals surface area contributed by atoms with Crippen molar-refractivity contribution in [3.05, 3.63) is 59.2 Å². The van der Waals surface area contributed by atoms with E-state index in [1.165, 1.54) is 42.6 Å². The fourth-order valence-electron chi connectivity index (χ4n) is 3.33. The minimum Gasteiger partial charge on any atom is -0.372 e. The molecule has 0 unspecified atom stereocenters. The molecule has 2 aromatic rings. The fraction of sp³-hybridized carbons (Fsp3) is 0.474. The molecule has 3 heterocycles. The first-order valence-corrected chi connectivity index (χ1v) is 8.52. The molecular weight excluding hydrogens is 286 g/mol. The number of hydrogen-bond donors (Lipinski definition) is 0. The molecule has 0 spiro atoms. The molecule has 0 radical (unpaired) electrons. The summed E-state index contributed by atoms with van der Waals surface area (Å²) in [5.41, 5.74) is 5.26. The van der Waals surface area contributed by atoms with Crippen molar-refractivity contribution in [2.75, 3.05) is 13.1 Å². The zero-order chi connectivity index (χ0) is 15.5. The van der Waals surface area contributed by atoms with E-state index in [1.807, 2.05) is 24.5 Å². The van der Waals surface area contributed by atoms with Crippen LogP contribution in [-0.2, 0) is 30.9 Å². The topological polar surface area (TPSA) is 38.2 Å². The maximum absolute atomic E-state index is 5.89. The highest BCUT2D eigenvalue weighted by atomic mass is 16.5. The number of pyridine rings is 2. The number of aromatic nitrogens is 2. The van der Waals surface area contributed by atoms with Gasteiger partial charge in [-0.3, -0.25) is 14.9 Å². The second kappa shape index (κ2) is 6.77. The number of nitrogens with zero attached hydrogens (tertiary/aromatic N) is 3. The lowest BCUT2D eigenvalue weighted by Crippen LogP contribution is -2.33. The Labute approximate surface area is 137 Å². The molecule has 1 fully saturated rings. The summed E-state index contributed by atoms with van der Waals surface area (Å²) in [5, 5.41) is 0. The van der Waals surface area contributed by atoms with E-state index in [0.29, 0.717) is 13.2 Å². The van der Waals surface area contributed by atoms with E-state index in [-0.39, 0.29) is 0 Å². The molecule has 4 nitrogen and oxygen atoms in total. The molecular formula is C19H23N3O. The second-order valence-electron chi connectivity index (χ2n) is 6.71. The summed E-state index contributed by atoms with van der Waals surface area (Å²) >= 11 is 0. The van der Waals surface area contributed by atoms with E-state index in [9.17, 15) is 0 Å². The average Bonchev–Trinajstić information content (AvgIpc) is 3.40. The van der Waals surface area contributed by atoms with Gasteiger partial charge in [-0.05, 0) is 59.6 Å². The highest BCUT2D eigenvalue weighted by Gasteiger charge is 2.27. The maximum atomic E-state index is 5.89. The summed E-state index contributed by atoms with van der Waals surface area (Å²) in [6.07, 6.45) is 11.6. The molecule has 0 saturated heterocycles.